The maximum absolute atomic E-state index is 12.2. The normalized spacial score (nSPS) is 21.2. The molecule has 8 nitrogen and oxygen atoms in total. The van der Waals surface area contributed by atoms with E-state index in [4.69, 9.17) is 9.47 Å². The van der Waals surface area contributed by atoms with E-state index in [0.717, 1.165) is 25.2 Å². The van der Waals surface area contributed by atoms with Gasteiger partial charge in [0.05, 0.1) is 18.1 Å². The molecular formula is C15H19N3O5. The van der Waals surface area contributed by atoms with Crippen LogP contribution < -0.4 is 10.2 Å². The van der Waals surface area contributed by atoms with Gasteiger partial charge in [-0.3, -0.25) is 14.9 Å². The summed E-state index contributed by atoms with van der Waals surface area (Å²) in [5.74, 6) is -0.329. The highest BCUT2D eigenvalue weighted by Gasteiger charge is 2.26. The fourth-order valence-corrected chi connectivity index (χ4v) is 2.80. The maximum Gasteiger partial charge on any atom is 0.292 e. The number of carbonyl (C=O) groups is 1. The van der Waals surface area contributed by atoms with Gasteiger partial charge in [-0.2, -0.15) is 0 Å². The SMILES string of the molecule is O=C(Nc1cc(N2CCOCC2)ccc1[N+](=O)[O-])[C@H]1CCCO1. The molecule has 3 rings (SSSR count). The summed E-state index contributed by atoms with van der Waals surface area (Å²) in [6, 6.07) is 4.78. The predicted molar refractivity (Wildman–Crippen MR) is 83.7 cm³/mol. The van der Waals surface area contributed by atoms with Gasteiger partial charge in [-0.25, -0.2) is 0 Å². The number of rotatable bonds is 4. The lowest BCUT2D eigenvalue weighted by Gasteiger charge is -2.29. The number of hydrogen-bond acceptors (Lipinski definition) is 6. The summed E-state index contributed by atoms with van der Waals surface area (Å²) in [7, 11) is 0. The molecule has 1 amide bonds. The highest BCUT2D eigenvalue weighted by Crippen LogP contribution is 2.30. The lowest BCUT2D eigenvalue weighted by atomic mass is 10.2. The Labute approximate surface area is 133 Å². The molecule has 0 unspecified atom stereocenters. The van der Waals surface area contributed by atoms with E-state index in [0.29, 0.717) is 26.2 Å². The third kappa shape index (κ3) is 3.59. The predicted octanol–water partition coefficient (Wildman–Crippen LogP) is 1.55. The first-order valence-corrected chi connectivity index (χ1v) is 7.69. The van der Waals surface area contributed by atoms with Crippen molar-refractivity contribution in [1.82, 2.24) is 0 Å². The number of nitrogens with zero attached hydrogens (tertiary/aromatic N) is 2. The van der Waals surface area contributed by atoms with Crippen LogP contribution in [-0.4, -0.2) is 49.8 Å². The van der Waals surface area contributed by atoms with E-state index in [-0.39, 0.29) is 17.3 Å². The van der Waals surface area contributed by atoms with Crippen LogP contribution in [0.25, 0.3) is 0 Å². The van der Waals surface area contributed by atoms with Crippen molar-refractivity contribution >= 4 is 23.0 Å². The van der Waals surface area contributed by atoms with Crippen LogP contribution in [0.3, 0.4) is 0 Å². The molecule has 1 N–H and O–H groups in total. The van der Waals surface area contributed by atoms with Gasteiger partial charge in [0.15, 0.2) is 0 Å². The first kappa shape index (κ1) is 15.7. The average molecular weight is 321 g/mol. The summed E-state index contributed by atoms with van der Waals surface area (Å²) in [5, 5.41) is 13.9. The van der Waals surface area contributed by atoms with Gasteiger partial charge in [0.2, 0.25) is 0 Å². The fraction of sp³-hybridized carbons (Fsp3) is 0.533. The number of benzene rings is 1. The Morgan fingerprint density at radius 2 is 2.09 bits per heavy atom. The Morgan fingerprint density at radius 1 is 1.30 bits per heavy atom. The van der Waals surface area contributed by atoms with Crippen LogP contribution in [0.4, 0.5) is 17.1 Å². The quantitative estimate of drug-likeness (QED) is 0.668. The van der Waals surface area contributed by atoms with Crippen molar-refractivity contribution in [2.45, 2.75) is 18.9 Å². The summed E-state index contributed by atoms with van der Waals surface area (Å²) >= 11 is 0. The van der Waals surface area contributed by atoms with E-state index in [1.165, 1.54) is 6.07 Å². The van der Waals surface area contributed by atoms with Crippen molar-refractivity contribution in [1.29, 1.82) is 0 Å². The molecule has 0 aliphatic carbocycles. The smallest absolute Gasteiger partial charge is 0.292 e. The summed E-state index contributed by atoms with van der Waals surface area (Å²) < 4.78 is 10.6. The average Bonchev–Trinajstić information content (AvgIpc) is 3.10. The lowest BCUT2D eigenvalue weighted by Crippen LogP contribution is -2.36. The highest BCUT2D eigenvalue weighted by atomic mass is 16.6. The van der Waals surface area contributed by atoms with Gasteiger partial charge in [0.1, 0.15) is 11.8 Å². The number of ether oxygens (including phenoxy) is 2. The molecule has 1 aromatic carbocycles. The highest BCUT2D eigenvalue weighted by molar-refractivity contribution is 5.96. The molecule has 2 saturated heterocycles. The number of nitrogens with one attached hydrogen (secondary N) is 1. The molecule has 2 heterocycles. The molecule has 124 valence electrons. The van der Waals surface area contributed by atoms with Crippen LogP contribution in [0, 0.1) is 10.1 Å². The number of nitro benzene ring substituents is 1. The fourth-order valence-electron chi connectivity index (χ4n) is 2.80. The van der Waals surface area contributed by atoms with Crippen molar-refractivity contribution in [2.75, 3.05) is 43.1 Å². The zero-order valence-electron chi connectivity index (χ0n) is 12.7. The van der Waals surface area contributed by atoms with Crippen molar-refractivity contribution in [2.24, 2.45) is 0 Å². The van der Waals surface area contributed by atoms with Crippen molar-refractivity contribution in [3.8, 4) is 0 Å². The maximum atomic E-state index is 12.2. The number of amides is 1. The minimum absolute atomic E-state index is 0.117. The molecule has 0 radical (unpaired) electrons. The topological polar surface area (TPSA) is 93.9 Å². The van der Waals surface area contributed by atoms with Gasteiger partial charge >= 0.3 is 0 Å². The molecule has 23 heavy (non-hydrogen) atoms. The van der Waals surface area contributed by atoms with Crippen LogP contribution in [0.1, 0.15) is 12.8 Å². The summed E-state index contributed by atoms with van der Waals surface area (Å²) in [4.78, 5) is 25.0. The molecule has 0 bridgehead atoms. The number of carbonyl (C=O) groups excluding carboxylic acids is 1. The van der Waals surface area contributed by atoms with Gasteiger partial charge in [-0.15, -0.1) is 0 Å². The number of morpholine rings is 1. The molecular weight excluding hydrogens is 302 g/mol. The van der Waals surface area contributed by atoms with Crippen LogP contribution in [0.5, 0.6) is 0 Å². The Balaban J connectivity index is 1.82. The van der Waals surface area contributed by atoms with E-state index >= 15 is 0 Å². The first-order valence-electron chi connectivity index (χ1n) is 7.69. The Hall–Kier alpha value is -2.19. The second kappa shape index (κ2) is 6.93. The van der Waals surface area contributed by atoms with Gasteiger partial charge < -0.3 is 19.7 Å². The Kier molecular flexibility index (Phi) is 4.73. The molecule has 0 saturated carbocycles. The first-order chi connectivity index (χ1) is 11.1. The minimum atomic E-state index is -0.526. The second-order valence-electron chi connectivity index (χ2n) is 5.55. The van der Waals surface area contributed by atoms with Gasteiger partial charge in [-0.05, 0) is 25.0 Å². The second-order valence-corrected chi connectivity index (χ2v) is 5.55. The van der Waals surface area contributed by atoms with E-state index in [1.807, 2.05) is 0 Å². The molecule has 1 aromatic rings. The molecule has 2 fully saturated rings. The zero-order chi connectivity index (χ0) is 16.2. The summed E-state index contributed by atoms with van der Waals surface area (Å²) in [5.41, 5.74) is 0.925. The minimum Gasteiger partial charge on any atom is -0.378 e. The van der Waals surface area contributed by atoms with Crippen LogP contribution in [0.15, 0.2) is 18.2 Å². The Bertz CT molecular complexity index is 595. The van der Waals surface area contributed by atoms with Crippen LogP contribution >= 0.6 is 0 Å². The van der Waals surface area contributed by atoms with Crippen molar-refractivity contribution < 1.29 is 19.2 Å². The summed E-state index contributed by atoms with van der Waals surface area (Å²) in [6.07, 6.45) is 0.943. The third-order valence-electron chi connectivity index (χ3n) is 4.03. The standard InChI is InChI=1S/C15H19N3O5/c19-15(14-2-1-7-23-14)16-12-10-11(3-4-13(12)18(20)21)17-5-8-22-9-6-17/h3-4,10,14H,1-2,5-9H2,(H,16,19)/t14-/m1/s1. The van der Waals surface area contributed by atoms with Gasteiger partial charge in [0, 0.05) is 31.5 Å². The van der Waals surface area contributed by atoms with Crippen LogP contribution in [0.2, 0.25) is 0 Å². The van der Waals surface area contributed by atoms with Gasteiger partial charge in [-0.1, -0.05) is 0 Å². The number of nitro groups is 1. The molecule has 0 spiro atoms. The Morgan fingerprint density at radius 3 is 2.74 bits per heavy atom. The number of hydrogen-bond donors (Lipinski definition) is 1. The zero-order valence-corrected chi connectivity index (χ0v) is 12.7. The lowest BCUT2D eigenvalue weighted by molar-refractivity contribution is -0.383. The summed E-state index contributed by atoms with van der Waals surface area (Å²) in [6.45, 7) is 3.23. The number of anilines is 2. The van der Waals surface area contributed by atoms with E-state index in [9.17, 15) is 14.9 Å². The van der Waals surface area contributed by atoms with Crippen molar-refractivity contribution in [3.05, 3.63) is 28.3 Å². The third-order valence-corrected chi connectivity index (χ3v) is 4.03. The van der Waals surface area contributed by atoms with E-state index in [1.54, 1.807) is 12.1 Å². The monoisotopic (exact) mass is 321 g/mol. The van der Waals surface area contributed by atoms with E-state index < -0.39 is 11.0 Å². The van der Waals surface area contributed by atoms with Crippen molar-refractivity contribution in [3.63, 3.8) is 0 Å². The largest absolute Gasteiger partial charge is 0.378 e. The molecule has 1 atom stereocenters. The van der Waals surface area contributed by atoms with Gasteiger partial charge in [0.25, 0.3) is 11.6 Å². The molecule has 2 aliphatic heterocycles. The molecule has 8 heteroatoms. The van der Waals surface area contributed by atoms with E-state index in [2.05, 4.69) is 10.2 Å². The molecule has 2 aliphatic rings. The van der Waals surface area contributed by atoms with Crippen LogP contribution in [-0.2, 0) is 14.3 Å². The molecule has 0 aromatic heterocycles.